The lowest BCUT2D eigenvalue weighted by Gasteiger charge is -2.31. The number of nitrogens with zero attached hydrogens (tertiary/aromatic N) is 1. The van der Waals surface area contributed by atoms with Crippen LogP contribution in [0.2, 0.25) is 0 Å². The predicted octanol–water partition coefficient (Wildman–Crippen LogP) is 4.21. The number of hydrogen-bond acceptors (Lipinski definition) is 5. The average Bonchev–Trinajstić information content (AvgIpc) is 3.40. The number of likely N-dealkylation sites (tertiary alicyclic amines) is 1. The molecule has 2 fully saturated rings. The SMILES string of the molecule is COc1cccc(OC)c1/C(O)=C1\C(=O)C(=O)N(C2CCCC2)C1c1ccccc1F. The number of hydrogen-bond donors (Lipinski definition) is 1. The number of Topliss-reactive ketones (excluding diaryl/α,β-unsaturated/α-hetero) is 1. The second kappa shape index (κ2) is 8.41. The van der Waals surface area contributed by atoms with Gasteiger partial charge in [0, 0.05) is 11.6 Å². The standard InChI is InChI=1S/C24H24FNO5/c1-30-17-12-7-13-18(31-2)19(17)22(27)20-21(15-10-5-6-11-16(15)25)26(24(29)23(20)28)14-8-3-4-9-14/h5-7,10-14,21,27H,3-4,8-9H2,1-2H3/b22-20+. The molecule has 1 aliphatic heterocycles. The number of ether oxygens (including phenoxy) is 2. The normalized spacial score (nSPS) is 21.0. The van der Waals surface area contributed by atoms with E-state index in [0.717, 1.165) is 25.7 Å². The number of aliphatic hydroxyl groups is 1. The van der Waals surface area contributed by atoms with E-state index in [4.69, 9.17) is 9.47 Å². The van der Waals surface area contributed by atoms with Gasteiger partial charge in [0.15, 0.2) is 0 Å². The lowest BCUT2D eigenvalue weighted by atomic mass is 9.93. The molecule has 0 radical (unpaired) electrons. The van der Waals surface area contributed by atoms with Gasteiger partial charge in [0.05, 0.1) is 25.8 Å². The minimum atomic E-state index is -1.03. The Morgan fingerprint density at radius 2 is 1.61 bits per heavy atom. The second-order valence-corrected chi connectivity index (χ2v) is 7.70. The van der Waals surface area contributed by atoms with Gasteiger partial charge in [-0.2, -0.15) is 0 Å². The number of benzene rings is 2. The Bertz CT molecular complexity index is 1040. The zero-order valence-electron chi connectivity index (χ0n) is 17.4. The molecule has 1 heterocycles. The summed E-state index contributed by atoms with van der Waals surface area (Å²) in [7, 11) is 2.86. The Kier molecular flexibility index (Phi) is 5.67. The molecule has 4 rings (SSSR count). The van der Waals surface area contributed by atoms with Crippen molar-refractivity contribution in [3.8, 4) is 11.5 Å². The summed E-state index contributed by atoms with van der Waals surface area (Å²) in [5.41, 5.74) is 0.159. The highest BCUT2D eigenvalue weighted by Crippen LogP contribution is 2.46. The first-order chi connectivity index (χ1) is 15.0. The summed E-state index contributed by atoms with van der Waals surface area (Å²) in [6.07, 6.45) is 3.32. The van der Waals surface area contributed by atoms with Gasteiger partial charge in [0.2, 0.25) is 0 Å². The average molecular weight is 425 g/mol. The third-order valence-corrected chi connectivity index (χ3v) is 6.06. The van der Waals surface area contributed by atoms with Crippen LogP contribution in [0.4, 0.5) is 4.39 Å². The van der Waals surface area contributed by atoms with Gasteiger partial charge < -0.3 is 19.5 Å². The van der Waals surface area contributed by atoms with E-state index in [-0.39, 0.29) is 34.2 Å². The fourth-order valence-corrected chi connectivity index (χ4v) is 4.63. The molecule has 162 valence electrons. The number of aliphatic hydroxyl groups excluding tert-OH is 1. The molecule has 2 aromatic carbocycles. The van der Waals surface area contributed by atoms with Crippen molar-refractivity contribution in [2.24, 2.45) is 0 Å². The molecule has 1 saturated carbocycles. The maximum absolute atomic E-state index is 14.9. The smallest absolute Gasteiger partial charge is 0.295 e. The van der Waals surface area contributed by atoms with Crippen molar-refractivity contribution in [1.82, 2.24) is 4.90 Å². The molecule has 1 saturated heterocycles. The summed E-state index contributed by atoms with van der Waals surface area (Å²) in [5.74, 6) is -2.01. The Labute approximate surface area is 179 Å². The number of carbonyl (C=O) groups is 2. The zero-order chi connectivity index (χ0) is 22.1. The topological polar surface area (TPSA) is 76.1 Å². The van der Waals surface area contributed by atoms with Crippen LogP contribution < -0.4 is 9.47 Å². The molecule has 1 amide bonds. The van der Waals surface area contributed by atoms with E-state index in [1.54, 1.807) is 36.4 Å². The second-order valence-electron chi connectivity index (χ2n) is 7.70. The van der Waals surface area contributed by atoms with E-state index in [9.17, 15) is 19.1 Å². The van der Waals surface area contributed by atoms with Gasteiger partial charge in [-0.25, -0.2) is 4.39 Å². The minimum absolute atomic E-state index is 0.151. The van der Waals surface area contributed by atoms with E-state index in [2.05, 4.69) is 0 Å². The quantitative estimate of drug-likeness (QED) is 0.441. The third kappa shape index (κ3) is 3.44. The molecule has 7 heteroatoms. The van der Waals surface area contributed by atoms with Crippen LogP contribution in [-0.2, 0) is 9.59 Å². The molecule has 2 aromatic rings. The first-order valence-electron chi connectivity index (χ1n) is 10.3. The van der Waals surface area contributed by atoms with Gasteiger partial charge >= 0.3 is 0 Å². The molecule has 6 nitrogen and oxygen atoms in total. The highest BCUT2D eigenvalue weighted by Gasteiger charge is 2.50. The Balaban J connectivity index is 1.98. The number of rotatable bonds is 5. The minimum Gasteiger partial charge on any atom is -0.506 e. The van der Waals surface area contributed by atoms with Crippen molar-refractivity contribution in [3.63, 3.8) is 0 Å². The lowest BCUT2D eigenvalue weighted by molar-refractivity contribution is -0.141. The number of carbonyl (C=O) groups excluding carboxylic acids is 2. The summed E-state index contributed by atoms with van der Waals surface area (Å²) in [5, 5.41) is 11.3. The van der Waals surface area contributed by atoms with E-state index in [0.29, 0.717) is 0 Å². The Hall–Kier alpha value is -3.35. The molecule has 1 unspecified atom stereocenters. The lowest BCUT2D eigenvalue weighted by Crippen LogP contribution is -2.38. The number of methoxy groups -OCH3 is 2. The molecule has 1 atom stereocenters. The van der Waals surface area contributed by atoms with Gasteiger partial charge in [0.1, 0.15) is 28.6 Å². The van der Waals surface area contributed by atoms with Crippen LogP contribution in [0.25, 0.3) is 5.76 Å². The van der Waals surface area contributed by atoms with Crippen LogP contribution >= 0.6 is 0 Å². The van der Waals surface area contributed by atoms with Crippen LogP contribution in [0.15, 0.2) is 48.0 Å². The summed E-state index contributed by atoms with van der Waals surface area (Å²) < 4.78 is 25.6. The van der Waals surface area contributed by atoms with Gasteiger partial charge in [-0.05, 0) is 31.0 Å². The Morgan fingerprint density at radius 3 is 2.19 bits per heavy atom. The van der Waals surface area contributed by atoms with Gasteiger partial charge in [-0.3, -0.25) is 9.59 Å². The summed E-state index contributed by atoms with van der Waals surface area (Å²) in [4.78, 5) is 27.7. The fraction of sp³-hybridized carbons (Fsp3) is 0.333. The van der Waals surface area contributed by atoms with Crippen LogP contribution in [-0.4, -0.2) is 42.0 Å². The highest BCUT2D eigenvalue weighted by molar-refractivity contribution is 6.46. The molecule has 1 aliphatic carbocycles. The molecule has 31 heavy (non-hydrogen) atoms. The van der Waals surface area contributed by atoms with Crippen molar-refractivity contribution >= 4 is 17.4 Å². The molecule has 0 aromatic heterocycles. The van der Waals surface area contributed by atoms with Crippen molar-refractivity contribution in [2.45, 2.75) is 37.8 Å². The number of halogens is 1. The van der Waals surface area contributed by atoms with Gasteiger partial charge in [-0.15, -0.1) is 0 Å². The third-order valence-electron chi connectivity index (χ3n) is 6.06. The monoisotopic (exact) mass is 425 g/mol. The predicted molar refractivity (Wildman–Crippen MR) is 112 cm³/mol. The molecule has 2 aliphatic rings. The number of amides is 1. The molecular formula is C24H24FNO5. The maximum Gasteiger partial charge on any atom is 0.295 e. The van der Waals surface area contributed by atoms with E-state index in [1.807, 2.05) is 0 Å². The first-order valence-corrected chi connectivity index (χ1v) is 10.3. The van der Waals surface area contributed by atoms with Gasteiger partial charge in [0.25, 0.3) is 11.7 Å². The van der Waals surface area contributed by atoms with E-state index >= 15 is 0 Å². The van der Waals surface area contributed by atoms with E-state index < -0.39 is 29.3 Å². The van der Waals surface area contributed by atoms with E-state index in [1.165, 1.54) is 25.2 Å². The molecular weight excluding hydrogens is 401 g/mol. The van der Waals surface area contributed by atoms with Crippen molar-refractivity contribution in [2.75, 3.05) is 14.2 Å². The van der Waals surface area contributed by atoms with Crippen LogP contribution in [0.1, 0.15) is 42.9 Å². The molecule has 1 N–H and O–H groups in total. The van der Waals surface area contributed by atoms with Crippen molar-refractivity contribution in [3.05, 3.63) is 65.0 Å². The van der Waals surface area contributed by atoms with Crippen molar-refractivity contribution in [1.29, 1.82) is 0 Å². The summed E-state index contributed by atoms with van der Waals surface area (Å²) >= 11 is 0. The number of ketones is 1. The van der Waals surface area contributed by atoms with Crippen LogP contribution in [0, 0.1) is 5.82 Å². The Morgan fingerprint density at radius 1 is 1.00 bits per heavy atom. The van der Waals surface area contributed by atoms with Crippen molar-refractivity contribution < 1.29 is 28.6 Å². The van der Waals surface area contributed by atoms with Gasteiger partial charge in [-0.1, -0.05) is 37.1 Å². The van der Waals surface area contributed by atoms with Crippen LogP contribution in [0.3, 0.4) is 0 Å². The molecule has 0 spiro atoms. The molecule has 0 bridgehead atoms. The zero-order valence-corrected chi connectivity index (χ0v) is 17.4. The maximum atomic E-state index is 14.9. The fourth-order valence-electron chi connectivity index (χ4n) is 4.63. The summed E-state index contributed by atoms with van der Waals surface area (Å²) in [6.45, 7) is 0. The largest absolute Gasteiger partial charge is 0.506 e. The summed E-state index contributed by atoms with van der Waals surface area (Å²) in [6, 6.07) is 9.71. The highest BCUT2D eigenvalue weighted by atomic mass is 19.1. The first kappa shape index (κ1) is 20.9. The van der Waals surface area contributed by atoms with Crippen LogP contribution in [0.5, 0.6) is 11.5 Å².